The van der Waals surface area contributed by atoms with E-state index in [1.54, 1.807) is 12.1 Å². The molecule has 0 aliphatic heterocycles. The van der Waals surface area contributed by atoms with Crippen LogP contribution < -0.4 is 5.32 Å². The SMILES string of the molecule is COC(=O)c1c(NC(=O)c2cc3cccc(Cl)c3[nH]2)sc(C)c1C. The summed E-state index contributed by atoms with van der Waals surface area (Å²) in [5.41, 5.74) is 2.28. The predicted molar refractivity (Wildman–Crippen MR) is 96.4 cm³/mol. The van der Waals surface area contributed by atoms with Gasteiger partial charge in [0.1, 0.15) is 10.7 Å². The third-order valence-electron chi connectivity index (χ3n) is 3.85. The van der Waals surface area contributed by atoms with Crippen molar-refractivity contribution in [2.45, 2.75) is 13.8 Å². The fraction of sp³-hybridized carbons (Fsp3) is 0.176. The lowest BCUT2D eigenvalue weighted by Gasteiger charge is -2.05. The molecule has 0 atom stereocenters. The molecule has 0 aliphatic carbocycles. The van der Waals surface area contributed by atoms with E-state index < -0.39 is 5.97 Å². The van der Waals surface area contributed by atoms with E-state index in [9.17, 15) is 9.59 Å². The number of methoxy groups -OCH3 is 1. The van der Waals surface area contributed by atoms with E-state index >= 15 is 0 Å². The first-order chi connectivity index (χ1) is 11.4. The number of amides is 1. The minimum Gasteiger partial charge on any atom is -0.465 e. The number of aromatic nitrogens is 1. The molecule has 3 rings (SSSR count). The number of anilines is 1. The number of para-hydroxylation sites is 1. The number of hydrogen-bond donors (Lipinski definition) is 2. The Labute approximate surface area is 147 Å². The molecular formula is C17H15ClN2O3S. The fourth-order valence-corrected chi connectivity index (χ4v) is 3.75. The van der Waals surface area contributed by atoms with Crippen molar-refractivity contribution in [2.75, 3.05) is 12.4 Å². The molecule has 124 valence electrons. The van der Waals surface area contributed by atoms with E-state index in [-0.39, 0.29) is 5.91 Å². The summed E-state index contributed by atoms with van der Waals surface area (Å²) < 4.78 is 4.81. The first-order valence-corrected chi connectivity index (χ1v) is 8.38. The van der Waals surface area contributed by atoms with Gasteiger partial charge in [-0.15, -0.1) is 11.3 Å². The zero-order valence-corrected chi connectivity index (χ0v) is 14.9. The number of thiophene rings is 1. The lowest BCUT2D eigenvalue weighted by atomic mass is 10.1. The van der Waals surface area contributed by atoms with Crippen molar-refractivity contribution in [1.82, 2.24) is 4.98 Å². The maximum atomic E-state index is 12.5. The summed E-state index contributed by atoms with van der Waals surface area (Å²) in [5.74, 6) is -0.805. The Kier molecular flexibility index (Phi) is 4.34. The summed E-state index contributed by atoms with van der Waals surface area (Å²) >= 11 is 7.47. The smallest absolute Gasteiger partial charge is 0.341 e. The number of H-pyrrole nitrogens is 1. The van der Waals surface area contributed by atoms with Crippen LogP contribution in [0.1, 0.15) is 31.3 Å². The van der Waals surface area contributed by atoms with Crippen molar-refractivity contribution >= 4 is 50.7 Å². The Morgan fingerprint density at radius 3 is 2.71 bits per heavy atom. The molecule has 0 spiro atoms. The van der Waals surface area contributed by atoms with Gasteiger partial charge in [0.2, 0.25) is 0 Å². The van der Waals surface area contributed by atoms with E-state index in [2.05, 4.69) is 10.3 Å². The number of esters is 1. The summed E-state index contributed by atoms with van der Waals surface area (Å²) in [4.78, 5) is 28.5. The molecule has 3 aromatic rings. The van der Waals surface area contributed by atoms with Crippen LogP contribution in [-0.4, -0.2) is 24.0 Å². The third kappa shape index (κ3) is 2.79. The summed E-state index contributed by atoms with van der Waals surface area (Å²) in [6.45, 7) is 3.72. The molecule has 0 saturated heterocycles. The molecule has 0 aliphatic rings. The second-order valence-electron chi connectivity index (χ2n) is 5.32. The Morgan fingerprint density at radius 1 is 1.29 bits per heavy atom. The number of aromatic amines is 1. The van der Waals surface area contributed by atoms with E-state index in [1.165, 1.54) is 18.4 Å². The van der Waals surface area contributed by atoms with Crippen molar-refractivity contribution in [2.24, 2.45) is 0 Å². The van der Waals surface area contributed by atoms with Crippen LogP contribution >= 0.6 is 22.9 Å². The average Bonchev–Trinajstić information content (AvgIpc) is 3.10. The standard InChI is InChI=1S/C17H15ClN2O3S/c1-8-9(2)24-16(13(8)17(22)23-3)20-15(21)12-7-10-5-4-6-11(18)14(10)19-12/h4-7,19H,1-3H3,(H,20,21). The number of nitrogens with one attached hydrogen (secondary N) is 2. The summed E-state index contributed by atoms with van der Waals surface area (Å²) in [7, 11) is 1.32. The molecule has 24 heavy (non-hydrogen) atoms. The molecule has 2 N–H and O–H groups in total. The number of rotatable bonds is 3. The highest BCUT2D eigenvalue weighted by Gasteiger charge is 2.22. The van der Waals surface area contributed by atoms with Crippen molar-refractivity contribution in [3.63, 3.8) is 0 Å². The number of ether oxygens (including phenoxy) is 1. The summed E-state index contributed by atoms with van der Waals surface area (Å²) in [5, 5.41) is 4.66. The molecule has 0 radical (unpaired) electrons. The van der Waals surface area contributed by atoms with Gasteiger partial charge in [-0.2, -0.15) is 0 Å². The number of fused-ring (bicyclic) bond motifs is 1. The first kappa shape index (κ1) is 16.5. The van der Waals surface area contributed by atoms with Crippen molar-refractivity contribution in [3.8, 4) is 0 Å². The van der Waals surface area contributed by atoms with Crippen LogP contribution in [-0.2, 0) is 4.74 Å². The van der Waals surface area contributed by atoms with Crippen LogP contribution in [0.15, 0.2) is 24.3 Å². The van der Waals surface area contributed by atoms with E-state index in [4.69, 9.17) is 16.3 Å². The number of aryl methyl sites for hydroxylation is 1. The van der Waals surface area contributed by atoms with Crippen LogP contribution in [0.2, 0.25) is 5.02 Å². The number of halogens is 1. The highest BCUT2D eigenvalue weighted by atomic mass is 35.5. The van der Waals surface area contributed by atoms with E-state index in [0.717, 1.165) is 15.8 Å². The Morgan fingerprint density at radius 2 is 2.04 bits per heavy atom. The fourth-order valence-electron chi connectivity index (χ4n) is 2.47. The minimum atomic E-state index is -0.466. The number of benzene rings is 1. The second kappa shape index (κ2) is 6.30. The van der Waals surface area contributed by atoms with Gasteiger partial charge in [0.05, 0.1) is 23.2 Å². The maximum Gasteiger partial charge on any atom is 0.341 e. The van der Waals surface area contributed by atoms with Gasteiger partial charge in [0.15, 0.2) is 0 Å². The molecule has 5 nitrogen and oxygen atoms in total. The predicted octanol–water partition coefficient (Wildman–Crippen LogP) is 4.54. The number of hydrogen-bond acceptors (Lipinski definition) is 4. The van der Waals surface area contributed by atoms with Gasteiger partial charge in [-0.25, -0.2) is 4.79 Å². The Balaban J connectivity index is 1.96. The van der Waals surface area contributed by atoms with Crippen LogP contribution in [0, 0.1) is 13.8 Å². The van der Waals surface area contributed by atoms with Crippen LogP contribution in [0.25, 0.3) is 10.9 Å². The van der Waals surface area contributed by atoms with Crippen LogP contribution in [0.4, 0.5) is 5.00 Å². The van der Waals surface area contributed by atoms with Gasteiger partial charge >= 0.3 is 5.97 Å². The largest absolute Gasteiger partial charge is 0.465 e. The lowest BCUT2D eigenvalue weighted by molar-refractivity contribution is 0.0601. The van der Waals surface area contributed by atoms with E-state index in [0.29, 0.717) is 26.8 Å². The Hall–Kier alpha value is -2.31. The normalized spacial score (nSPS) is 10.8. The summed E-state index contributed by atoms with van der Waals surface area (Å²) in [6.07, 6.45) is 0. The maximum absolute atomic E-state index is 12.5. The third-order valence-corrected chi connectivity index (χ3v) is 5.29. The molecule has 7 heteroatoms. The topological polar surface area (TPSA) is 71.2 Å². The molecule has 0 fully saturated rings. The van der Waals surface area contributed by atoms with Gasteiger partial charge in [0, 0.05) is 10.3 Å². The van der Waals surface area contributed by atoms with Gasteiger partial charge in [-0.1, -0.05) is 23.7 Å². The second-order valence-corrected chi connectivity index (χ2v) is 6.95. The molecule has 0 unspecified atom stereocenters. The number of carbonyl (C=O) groups is 2. The molecule has 2 aromatic heterocycles. The highest BCUT2D eigenvalue weighted by molar-refractivity contribution is 7.16. The van der Waals surface area contributed by atoms with Crippen LogP contribution in [0.3, 0.4) is 0 Å². The number of carbonyl (C=O) groups excluding carboxylic acids is 2. The van der Waals surface area contributed by atoms with Crippen molar-refractivity contribution in [3.05, 3.63) is 51.0 Å². The monoisotopic (exact) mass is 362 g/mol. The first-order valence-electron chi connectivity index (χ1n) is 7.19. The van der Waals surface area contributed by atoms with Crippen molar-refractivity contribution < 1.29 is 14.3 Å². The molecule has 0 bridgehead atoms. The van der Waals surface area contributed by atoms with Gasteiger partial charge in [-0.05, 0) is 31.5 Å². The lowest BCUT2D eigenvalue weighted by Crippen LogP contribution is -2.14. The quantitative estimate of drug-likeness (QED) is 0.672. The van der Waals surface area contributed by atoms with Gasteiger partial charge in [0.25, 0.3) is 5.91 Å². The molecule has 1 amide bonds. The van der Waals surface area contributed by atoms with Gasteiger partial charge < -0.3 is 15.0 Å². The Bertz CT molecular complexity index is 958. The molecule has 2 heterocycles. The van der Waals surface area contributed by atoms with E-state index in [1.807, 2.05) is 26.0 Å². The summed E-state index contributed by atoms with van der Waals surface area (Å²) in [6, 6.07) is 7.17. The van der Waals surface area contributed by atoms with Crippen LogP contribution in [0.5, 0.6) is 0 Å². The zero-order valence-electron chi connectivity index (χ0n) is 13.3. The molecule has 1 aromatic carbocycles. The molecule has 0 saturated carbocycles. The molecular weight excluding hydrogens is 348 g/mol. The average molecular weight is 363 g/mol. The minimum absolute atomic E-state index is 0.339. The van der Waals surface area contributed by atoms with Crippen molar-refractivity contribution in [1.29, 1.82) is 0 Å². The highest BCUT2D eigenvalue weighted by Crippen LogP contribution is 2.33. The zero-order chi connectivity index (χ0) is 17.4. The van der Waals surface area contributed by atoms with Gasteiger partial charge in [-0.3, -0.25) is 4.79 Å².